The van der Waals surface area contributed by atoms with Crippen molar-refractivity contribution in [1.29, 1.82) is 0 Å². The fraction of sp³-hybridized carbons (Fsp3) is 0.429. The highest BCUT2D eigenvalue weighted by molar-refractivity contribution is 4.84. The zero-order valence-electron chi connectivity index (χ0n) is 6.14. The zero-order valence-corrected chi connectivity index (χ0v) is 6.14. The summed E-state index contributed by atoms with van der Waals surface area (Å²) in [7, 11) is 0. The van der Waals surface area contributed by atoms with Crippen LogP contribution >= 0.6 is 0 Å². The van der Waals surface area contributed by atoms with Crippen LogP contribution in [0.5, 0.6) is 0 Å². The molecule has 64 valence electrons. The maximum atomic E-state index is 8.17. The second-order valence-corrected chi connectivity index (χ2v) is 1.90. The maximum Gasteiger partial charge on any atom is 0.100 e. The van der Waals surface area contributed by atoms with E-state index in [1.165, 1.54) is 0 Å². The van der Waals surface area contributed by atoms with Crippen molar-refractivity contribution in [2.24, 2.45) is 0 Å². The van der Waals surface area contributed by atoms with Crippen molar-refractivity contribution in [3.8, 4) is 0 Å². The molecular formula is C7H13NO3. The Kier molecular flexibility index (Phi) is 6.71. The van der Waals surface area contributed by atoms with Crippen molar-refractivity contribution < 1.29 is 15.3 Å². The molecule has 0 bridgehead atoms. The molecule has 0 aliphatic rings. The van der Waals surface area contributed by atoms with Gasteiger partial charge >= 0.3 is 0 Å². The number of nitrogens with one attached hydrogen (secondary N) is 1. The van der Waals surface area contributed by atoms with E-state index < -0.39 is 6.10 Å². The van der Waals surface area contributed by atoms with Crippen LogP contribution in [0.2, 0.25) is 0 Å². The Labute approximate surface area is 65.1 Å². The summed E-state index contributed by atoms with van der Waals surface area (Å²) >= 11 is 0. The monoisotopic (exact) mass is 159 g/mol. The lowest BCUT2D eigenvalue weighted by atomic mass is 10.4. The number of aromatic amines is 1. The van der Waals surface area contributed by atoms with Gasteiger partial charge in [0.2, 0.25) is 0 Å². The fourth-order valence-corrected chi connectivity index (χ4v) is 0.336. The van der Waals surface area contributed by atoms with E-state index in [9.17, 15) is 0 Å². The molecule has 1 aromatic rings. The van der Waals surface area contributed by atoms with Crippen LogP contribution in [0, 0.1) is 0 Å². The third-order valence-electron chi connectivity index (χ3n) is 0.918. The highest BCUT2D eigenvalue weighted by Gasteiger charge is 1.93. The second-order valence-electron chi connectivity index (χ2n) is 1.90. The van der Waals surface area contributed by atoms with Crippen molar-refractivity contribution in [2.75, 3.05) is 13.2 Å². The summed E-state index contributed by atoms with van der Waals surface area (Å²) in [5.74, 6) is 0. The van der Waals surface area contributed by atoms with Crippen molar-refractivity contribution in [1.82, 2.24) is 4.98 Å². The smallest absolute Gasteiger partial charge is 0.100 e. The molecule has 0 aliphatic carbocycles. The normalized spacial score (nSPS) is 9.09. The molecule has 0 fully saturated rings. The Morgan fingerprint density at radius 2 is 1.55 bits per heavy atom. The van der Waals surface area contributed by atoms with Gasteiger partial charge in [-0.05, 0) is 12.1 Å². The number of hydrogen-bond acceptors (Lipinski definition) is 3. The molecule has 4 heteroatoms. The first-order chi connectivity index (χ1) is 5.31. The molecule has 0 aliphatic heterocycles. The lowest BCUT2D eigenvalue weighted by molar-refractivity contribution is 0.0450. The average Bonchev–Trinajstić information content (AvgIpc) is 2.60. The number of aliphatic hydroxyl groups is 3. The van der Waals surface area contributed by atoms with Crippen molar-refractivity contribution in [3.63, 3.8) is 0 Å². The number of H-pyrrole nitrogens is 1. The van der Waals surface area contributed by atoms with E-state index in [1.54, 1.807) is 0 Å². The Balaban J connectivity index is 0.000000183. The SMILES string of the molecule is OCC(O)CO.c1cc[nH]c1. The lowest BCUT2D eigenvalue weighted by Gasteiger charge is -1.96. The Morgan fingerprint density at radius 3 is 1.64 bits per heavy atom. The van der Waals surface area contributed by atoms with E-state index in [0.29, 0.717) is 0 Å². The third kappa shape index (κ3) is 7.05. The summed E-state index contributed by atoms with van der Waals surface area (Å²) < 4.78 is 0. The molecule has 11 heavy (non-hydrogen) atoms. The molecule has 0 amide bonds. The van der Waals surface area contributed by atoms with E-state index in [-0.39, 0.29) is 13.2 Å². The van der Waals surface area contributed by atoms with Gasteiger partial charge in [-0.2, -0.15) is 0 Å². The highest BCUT2D eigenvalue weighted by Crippen LogP contribution is 1.72. The third-order valence-corrected chi connectivity index (χ3v) is 0.918. The topological polar surface area (TPSA) is 76.5 Å². The molecule has 0 spiro atoms. The maximum absolute atomic E-state index is 8.17. The number of aromatic nitrogens is 1. The minimum atomic E-state index is -0.954. The number of aliphatic hydroxyl groups excluding tert-OH is 3. The van der Waals surface area contributed by atoms with Crippen molar-refractivity contribution in [2.45, 2.75) is 6.10 Å². The molecule has 1 aromatic heterocycles. The molecule has 4 nitrogen and oxygen atoms in total. The Bertz CT molecular complexity index is 120. The predicted molar refractivity (Wildman–Crippen MR) is 41.0 cm³/mol. The fourth-order valence-electron chi connectivity index (χ4n) is 0.336. The minimum absolute atomic E-state index is 0.365. The van der Waals surface area contributed by atoms with Crippen LogP contribution in [0.25, 0.3) is 0 Å². The van der Waals surface area contributed by atoms with Gasteiger partial charge in [0.05, 0.1) is 13.2 Å². The molecule has 1 rings (SSSR count). The van der Waals surface area contributed by atoms with Crippen molar-refractivity contribution in [3.05, 3.63) is 24.5 Å². The van der Waals surface area contributed by atoms with Crippen LogP contribution in [0.15, 0.2) is 24.5 Å². The molecular weight excluding hydrogens is 146 g/mol. The molecule has 0 aromatic carbocycles. The van der Waals surface area contributed by atoms with Gasteiger partial charge in [0.25, 0.3) is 0 Å². The van der Waals surface area contributed by atoms with Gasteiger partial charge in [0.1, 0.15) is 6.10 Å². The van der Waals surface area contributed by atoms with E-state index >= 15 is 0 Å². The molecule has 0 unspecified atom stereocenters. The first kappa shape index (κ1) is 10.2. The van der Waals surface area contributed by atoms with Crippen LogP contribution in [0.3, 0.4) is 0 Å². The van der Waals surface area contributed by atoms with Crippen LogP contribution in [0.4, 0.5) is 0 Å². The molecule has 0 atom stereocenters. The van der Waals surface area contributed by atoms with Crippen LogP contribution in [-0.4, -0.2) is 39.6 Å². The summed E-state index contributed by atoms with van der Waals surface area (Å²) in [6.45, 7) is -0.729. The summed E-state index contributed by atoms with van der Waals surface area (Å²) in [6.07, 6.45) is 2.80. The first-order valence-corrected chi connectivity index (χ1v) is 3.28. The summed E-state index contributed by atoms with van der Waals surface area (Å²) in [5, 5.41) is 24.0. The standard InChI is InChI=1S/C4H5N.C3H8O3/c1-2-4-5-3-1;4-1-3(6)2-5/h1-5H;3-6H,1-2H2. The summed E-state index contributed by atoms with van der Waals surface area (Å²) in [6, 6.07) is 3.89. The van der Waals surface area contributed by atoms with Gasteiger partial charge in [-0.15, -0.1) is 0 Å². The predicted octanol–water partition coefficient (Wildman–Crippen LogP) is -0.653. The second kappa shape index (κ2) is 7.27. The quantitative estimate of drug-likeness (QED) is 0.463. The zero-order chi connectivity index (χ0) is 8.53. The average molecular weight is 159 g/mol. The molecule has 0 saturated heterocycles. The van der Waals surface area contributed by atoms with Gasteiger partial charge in [-0.3, -0.25) is 0 Å². The largest absolute Gasteiger partial charge is 0.394 e. The Hall–Kier alpha value is -0.840. The number of rotatable bonds is 2. The van der Waals surface area contributed by atoms with E-state index in [4.69, 9.17) is 15.3 Å². The Morgan fingerprint density at radius 1 is 1.09 bits per heavy atom. The summed E-state index contributed by atoms with van der Waals surface area (Å²) in [4.78, 5) is 2.86. The van der Waals surface area contributed by atoms with E-state index in [2.05, 4.69) is 4.98 Å². The van der Waals surface area contributed by atoms with Gasteiger partial charge in [-0.1, -0.05) is 0 Å². The van der Waals surface area contributed by atoms with Crippen LogP contribution in [0.1, 0.15) is 0 Å². The first-order valence-electron chi connectivity index (χ1n) is 3.28. The van der Waals surface area contributed by atoms with Gasteiger partial charge in [-0.25, -0.2) is 0 Å². The van der Waals surface area contributed by atoms with Crippen LogP contribution < -0.4 is 0 Å². The molecule has 0 radical (unpaired) electrons. The minimum Gasteiger partial charge on any atom is -0.394 e. The van der Waals surface area contributed by atoms with E-state index in [0.717, 1.165) is 0 Å². The van der Waals surface area contributed by atoms with Crippen molar-refractivity contribution >= 4 is 0 Å². The van der Waals surface area contributed by atoms with Crippen LogP contribution in [-0.2, 0) is 0 Å². The van der Waals surface area contributed by atoms with Gasteiger partial charge < -0.3 is 20.3 Å². The lowest BCUT2D eigenvalue weighted by Crippen LogP contribution is -2.15. The van der Waals surface area contributed by atoms with E-state index in [1.807, 2.05) is 24.5 Å². The molecule has 4 N–H and O–H groups in total. The molecule has 0 saturated carbocycles. The molecule has 1 heterocycles. The highest BCUT2D eigenvalue weighted by atomic mass is 16.3. The van der Waals surface area contributed by atoms with Gasteiger partial charge in [0, 0.05) is 12.4 Å². The van der Waals surface area contributed by atoms with Gasteiger partial charge in [0.15, 0.2) is 0 Å². The summed E-state index contributed by atoms with van der Waals surface area (Å²) in [5.41, 5.74) is 0. The number of hydrogen-bond donors (Lipinski definition) is 4.